The predicted molar refractivity (Wildman–Crippen MR) is 76.5 cm³/mol. The molecule has 5 heteroatoms. The summed E-state index contributed by atoms with van der Waals surface area (Å²) in [5.74, 6) is -0.447. The number of aromatic nitrogens is 1. The van der Waals surface area contributed by atoms with E-state index in [4.69, 9.17) is 0 Å². The van der Waals surface area contributed by atoms with E-state index >= 15 is 0 Å². The number of hydrogen-bond acceptors (Lipinski definition) is 3. The van der Waals surface area contributed by atoms with Gasteiger partial charge in [0.1, 0.15) is 5.69 Å². The minimum atomic E-state index is -0.234. The minimum Gasteiger partial charge on any atom is -0.349 e. The average molecular weight is 273 g/mol. The molecule has 0 bridgehead atoms. The fraction of sp³-hybridized carbons (Fsp3) is 0.400. The Bertz CT molecular complexity index is 508. The quantitative estimate of drug-likeness (QED) is 0.802. The molecule has 0 aliphatic heterocycles. The van der Waals surface area contributed by atoms with Gasteiger partial charge in [-0.2, -0.15) is 0 Å². The molecule has 0 saturated heterocycles. The van der Waals surface area contributed by atoms with Crippen LogP contribution in [-0.2, 0) is 0 Å². The number of rotatable bonds is 5. The highest BCUT2D eigenvalue weighted by molar-refractivity contribution is 5.98. The second kappa shape index (κ2) is 6.84. The summed E-state index contributed by atoms with van der Waals surface area (Å²) in [6.07, 6.45) is 7.43. The van der Waals surface area contributed by atoms with E-state index in [2.05, 4.69) is 22.2 Å². The molecule has 1 fully saturated rings. The Hall–Kier alpha value is -2.17. The van der Waals surface area contributed by atoms with Crippen molar-refractivity contribution in [3.63, 3.8) is 0 Å². The van der Waals surface area contributed by atoms with Gasteiger partial charge in [0.2, 0.25) is 0 Å². The summed E-state index contributed by atoms with van der Waals surface area (Å²) in [5.41, 5.74) is 0.710. The van der Waals surface area contributed by atoms with E-state index in [1.54, 1.807) is 12.1 Å². The highest BCUT2D eigenvalue weighted by Gasteiger charge is 2.19. The number of nitrogens with zero attached hydrogens (tertiary/aromatic N) is 1. The van der Waals surface area contributed by atoms with E-state index in [0.29, 0.717) is 12.1 Å². The van der Waals surface area contributed by atoms with Crippen LogP contribution in [-0.4, -0.2) is 29.4 Å². The maximum atomic E-state index is 12.1. The third-order valence-corrected chi connectivity index (χ3v) is 3.35. The Morgan fingerprint density at radius 1 is 1.35 bits per heavy atom. The molecule has 2 N–H and O–H groups in total. The summed E-state index contributed by atoms with van der Waals surface area (Å²) in [7, 11) is 0. The normalized spacial score (nSPS) is 14.8. The van der Waals surface area contributed by atoms with E-state index in [9.17, 15) is 9.59 Å². The summed E-state index contributed by atoms with van der Waals surface area (Å²) in [6, 6.07) is 3.34. The fourth-order valence-corrected chi connectivity index (χ4v) is 2.29. The second-order valence-corrected chi connectivity index (χ2v) is 4.88. The standard InChI is InChI=1S/C15H19N3O2/c1-2-8-17-14(19)11-7-9-16-13(10-11)15(20)18-12-5-3-4-6-12/h2,7,9-10,12H,1,3-6,8H2,(H,17,19)(H,18,20). The Morgan fingerprint density at radius 2 is 2.10 bits per heavy atom. The highest BCUT2D eigenvalue weighted by Crippen LogP contribution is 2.18. The van der Waals surface area contributed by atoms with Crippen LogP contribution in [0, 0.1) is 0 Å². The first-order chi connectivity index (χ1) is 9.70. The van der Waals surface area contributed by atoms with Gasteiger partial charge in [0.25, 0.3) is 11.8 Å². The van der Waals surface area contributed by atoms with Crippen molar-refractivity contribution in [3.05, 3.63) is 42.2 Å². The van der Waals surface area contributed by atoms with Crippen LogP contribution in [0.4, 0.5) is 0 Å². The lowest BCUT2D eigenvalue weighted by atomic mass is 10.2. The van der Waals surface area contributed by atoms with Gasteiger partial charge in [-0.1, -0.05) is 18.9 Å². The Morgan fingerprint density at radius 3 is 2.80 bits per heavy atom. The van der Waals surface area contributed by atoms with Crippen LogP contribution in [0.1, 0.15) is 46.5 Å². The first kappa shape index (κ1) is 14.2. The molecule has 1 aromatic rings. The summed E-state index contributed by atoms with van der Waals surface area (Å²) in [5, 5.41) is 5.63. The average Bonchev–Trinajstić information content (AvgIpc) is 2.97. The maximum absolute atomic E-state index is 12.1. The molecule has 1 aliphatic carbocycles. The van der Waals surface area contributed by atoms with Gasteiger partial charge in [0.15, 0.2) is 0 Å². The third-order valence-electron chi connectivity index (χ3n) is 3.35. The summed E-state index contributed by atoms with van der Waals surface area (Å²) in [4.78, 5) is 27.9. The van der Waals surface area contributed by atoms with Crippen LogP contribution < -0.4 is 10.6 Å². The SMILES string of the molecule is C=CCNC(=O)c1ccnc(C(=O)NC2CCCC2)c1. The smallest absolute Gasteiger partial charge is 0.270 e. The molecule has 0 atom stereocenters. The van der Waals surface area contributed by atoms with Gasteiger partial charge < -0.3 is 10.6 Å². The lowest BCUT2D eigenvalue weighted by molar-refractivity contribution is 0.0933. The zero-order chi connectivity index (χ0) is 14.4. The molecule has 1 aliphatic rings. The van der Waals surface area contributed by atoms with Gasteiger partial charge in [-0.05, 0) is 25.0 Å². The van der Waals surface area contributed by atoms with Crippen molar-refractivity contribution in [3.8, 4) is 0 Å². The molecule has 2 rings (SSSR count). The second-order valence-electron chi connectivity index (χ2n) is 4.88. The molecule has 1 heterocycles. The highest BCUT2D eigenvalue weighted by atomic mass is 16.2. The number of carbonyl (C=O) groups is 2. The Kier molecular flexibility index (Phi) is 4.87. The van der Waals surface area contributed by atoms with Crippen LogP contribution in [0.2, 0.25) is 0 Å². The zero-order valence-electron chi connectivity index (χ0n) is 11.4. The molecule has 2 amide bonds. The lowest BCUT2D eigenvalue weighted by Gasteiger charge is -2.11. The van der Waals surface area contributed by atoms with E-state index in [-0.39, 0.29) is 23.6 Å². The largest absolute Gasteiger partial charge is 0.349 e. The molecule has 1 aromatic heterocycles. The Labute approximate surface area is 118 Å². The van der Waals surface area contributed by atoms with Gasteiger partial charge in [-0.15, -0.1) is 6.58 Å². The summed E-state index contributed by atoms with van der Waals surface area (Å²) >= 11 is 0. The molecule has 106 valence electrons. The summed E-state index contributed by atoms with van der Waals surface area (Å²) in [6.45, 7) is 3.93. The number of amides is 2. The molecule has 20 heavy (non-hydrogen) atoms. The fourth-order valence-electron chi connectivity index (χ4n) is 2.29. The third kappa shape index (κ3) is 3.66. The summed E-state index contributed by atoms with van der Waals surface area (Å²) < 4.78 is 0. The molecule has 0 aromatic carbocycles. The van der Waals surface area contributed by atoms with Gasteiger partial charge >= 0.3 is 0 Å². The Balaban J connectivity index is 2.02. The van der Waals surface area contributed by atoms with Gasteiger partial charge in [0, 0.05) is 24.3 Å². The molecule has 1 saturated carbocycles. The molecular weight excluding hydrogens is 254 g/mol. The minimum absolute atomic E-state index is 0.213. The number of nitrogens with one attached hydrogen (secondary N) is 2. The van der Waals surface area contributed by atoms with Crippen LogP contribution in [0.15, 0.2) is 31.0 Å². The van der Waals surface area contributed by atoms with E-state index in [1.165, 1.54) is 12.3 Å². The van der Waals surface area contributed by atoms with Gasteiger partial charge in [0.05, 0.1) is 0 Å². The molecule has 5 nitrogen and oxygen atoms in total. The van der Waals surface area contributed by atoms with Crippen molar-refractivity contribution in [2.75, 3.05) is 6.54 Å². The van der Waals surface area contributed by atoms with E-state index < -0.39 is 0 Å². The lowest BCUT2D eigenvalue weighted by Crippen LogP contribution is -2.33. The van der Waals surface area contributed by atoms with Crippen LogP contribution >= 0.6 is 0 Å². The van der Waals surface area contributed by atoms with E-state index in [0.717, 1.165) is 25.7 Å². The van der Waals surface area contributed by atoms with Crippen molar-refractivity contribution in [1.29, 1.82) is 0 Å². The topological polar surface area (TPSA) is 71.1 Å². The first-order valence-corrected chi connectivity index (χ1v) is 6.86. The molecule has 0 spiro atoms. The van der Waals surface area contributed by atoms with Gasteiger partial charge in [-0.25, -0.2) is 0 Å². The van der Waals surface area contributed by atoms with Crippen molar-refractivity contribution < 1.29 is 9.59 Å². The molecule has 0 radical (unpaired) electrons. The van der Waals surface area contributed by atoms with Crippen LogP contribution in [0.25, 0.3) is 0 Å². The molecular formula is C15H19N3O2. The van der Waals surface area contributed by atoms with E-state index in [1.807, 2.05) is 0 Å². The number of carbonyl (C=O) groups excluding carboxylic acids is 2. The van der Waals surface area contributed by atoms with Crippen LogP contribution in [0.3, 0.4) is 0 Å². The van der Waals surface area contributed by atoms with Crippen LogP contribution in [0.5, 0.6) is 0 Å². The van der Waals surface area contributed by atoms with Crippen molar-refractivity contribution in [2.45, 2.75) is 31.7 Å². The zero-order valence-corrected chi connectivity index (χ0v) is 11.4. The number of hydrogen-bond donors (Lipinski definition) is 2. The van der Waals surface area contributed by atoms with Gasteiger partial charge in [-0.3, -0.25) is 14.6 Å². The van der Waals surface area contributed by atoms with Crippen molar-refractivity contribution in [1.82, 2.24) is 15.6 Å². The monoisotopic (exact) mass is 273 g/mol. The maximum Gasteiger partial charge on any atom is 0.270 e. The first-order valence-electron chi connectivity index (χ1n) is 6.86. The molecule has 0 unspecified atom stereocenters. The predicted octanol–water partition coefficient (Wildman–Crippen LogP) is 1.67. The number of pyridine rings is 1. The van der Waals surface area contributed by atoms with Crippen molar-refractivity contribution in [2.24, 2.45) is 0 Å². The van der Waals surface area contributed by atoms with Crippen molar-refractivity contribution >= 4 is 11.8 Å².